The van der Waals surface area contributed by atoms with Gasteiger partial charge < -0.3 is 0 Å². The number of fused-ring (bicyclic) bond motifs is 1. The molecule has 1 aromatic heterocycles. The zero-order valence-corrected chi connectivity index (χ0v) is 14.8. The van der Waals surface area contributed by atoms with Crippen molar-refractivity contribution >= 4 is 10.9 Å². The first-order valence-corrected chi connectivity index (χ1v) is 9.02. The molecule has 0 aliphatic heterocycles. The molecule has 2 heteroatoms. The van der Waals surface area contributed by atoms with Crippen LogP contribution in [-0.2, 0) is 19.6 Å². The number of para-hydroxylation sites is 1. The topological polar surface area (TPSA) is 16.1 Å². The highest BCUT2D eigenvalue weighted by atomic mass is 15.1. The van der Waals surface area contributed by atoms with Crippen molar-refractivity contribution in [1.82, 2.24) is 9.88 Å². The van der Waals surface area contributed by atoms with E-state index in [2.05, 4.69) is 95.9 Å². The minimum Gasteiger partial charge on any atom is -0.289 e. The third-order valence-electron chi connectivity index (χ3n) is 4.54. The molecule has 0 fully saturated rings. The van der Waals surface area contributed by atoms with E-state index in [1.165, 1.54) is 16.5 Å². The molecule has 0 saturated carbocycles. The summed E-state index contributed by atoms with van der Waals surface area (Å²) in [6, 6.07) is 33.9. The predicted octanol–water partition coefficient (Wildman–Crippen LogP) is 5.44. The second-order valence-corrected chi connectivity index (χ2v) is 6.61. The average Bonchev–Trinajstić information content (AvgIpc) is 2.69. The maximum absolute atomic E-state index is 4.86. The lowest BCUT2D eigenvalue weighted by Gasteiger charge is -2.22. The summed E-state index contributed by atoms with van der Waals surface area (Å²) >= 11 is 0. The number of aromatic nitrogens is 1. The Kier molecular flexibility index (Phi) is 5.04. The van der Waals surface area contributed by atoms with Crippen molar-refractivity contribution in [1.29, 1.82) is 0 Å². The summed E-state index contributed by atoms with van der Waals surface area (Å²) in [6.45, 7) is 2.64. The Morgan fingerprint density at radius 3 is 1.77 bits per heavy atom. The fourth-order valence-electron chi connectivity index (χ4n) is 3.28. The third-order valence-corrected chi connectivity index (χ3v) is 4.54. The molecule has 0 unspecified atom stereocenters. The molecule has 1 heterocycles. The van der Waals surface area contributed by atoms with Gasteiger partial charge in [0.15, 0.2) is 0 Å². The first-order valence-electron chi connectivity index (χ1n) is 9.02. The fourth-order valence-corrected chi connectivity index (χ4v) is 3.28. The number of pyridine rings is 1. The smallest absolute Gasteiger partial charge is 0.0705 e. The fraction of sp³-hybridized carbons (Fsp3) is 0.125. The normalized spacial score (nSPS) is 11.1. The first kappa shape index (κ1) is 16.5. The Labute approximate surface area is 154 Å². The van der Waals surface area contributed by atoms with Gasteiger partial charge in [-0.05, 0) is 23.3 Å². The SMILES string of the molecule is c1ccc(CN(Cc2ccccc2)Cc2ccc3ccccc3n2)cc1. The van der Waals surface area contributed by atoms with Crippen LogP contribution in [0.5, 0.6) is 0 Å². The van der Waals surface area contributed by atoms with E-state index >= 15 is 0 Å². The van der Waals surface area contributed by atoms with Crippen LogP contribution in [0.3, 0.4) is 0 Å². The average molecular weight is 338 g/mol. The van der Waals surface area contributed by atoms with Gasteiger partial charge in [0.05, 0.1) is 11.2 Å². The summed E-state index contributed by atoms with van der Waals surface area (Å²) in [5.41, 5.74) is 4.81. The van der Waals surface area contributed by atoms with Crippen LogP contribution in [0.4, 0.5) is 0 Å². The van der Waals surface area contributed by atoms with Crippen molar-refractivity contribution in [2.75, 3.05) is 0 Å². The van der Waals surface area contributed by atoms with E-state index < -0.39 is 0 Å². The van der Waals surface area contributed by atoms with E-state index in [4.69, 9.17) is 4.98 Å². The number of hydrogen-bond acceptors (Lipinski definition) is 2. The van der Waals surface area contributed by atoms with Gasteiger partial charge in [-0.3, -0.25) is 9.88 Å². The molecule has 4 aromatic rings. The van der Waals surface area contributed by atoms with Gasteiger partial charge in [0.2, 0.25) is 0 Å². The zero-order valence-electron chi connectivity index (χ0n) is 14.8. The Morgan fingerprint density at radius 2 is 1.12 bits per heavy atom. The van der Waals surface area contributed by atoms with E-state index in [1.807, 2.05) is 6.07 Å². The highest BCUT2D eigenvalue weighted by Gasteiger charge is 2.10. The van der Waals surface area contributed by atoms with Crippen LogP contribution in [-0.4, -0.2) is 9.88 Å². The molecule has 4 rings (SSSR count). The highest BCUT2D eigenvalue weighted by molar-refractivity contribution is 5.78. The standard InChI is InChI=1S/C24H22N2/c1-3-9-20(10-4-1)17-26(18-21-11-5-2-6-12-21)19-23-16-15-22-13-7-8-14-24(22)25-23/h1-16H,17-19H2. The number of rotatable bonds is 6. The van der Waals surface area contributed by atoms with Crippen LogP contribution >= 0.6 is 0 Å². The van der Waals surface area contributed by atoms with Crippen LogP contribution in [0.2, 0.25) is 0 Å². The van der Waals surface area contributed by atoms with E-state index in [1.54, 1.807) is 0 Å². The van der Waals surface area contributed by atoms with Crippen molar-refractivity contribution in [3.63, 3.8) is 0 Å². The molecule has 0 N–H and O–H groups in total. The molecular weight excluding hydrogens is 316 g/mol. The van der Waals surface area contributed by atoms with Crippen molar-refractivity contribution < 1.29 is 0 Å². The molecule has 0 saturated heterocycles. The largest absolute Gasteiger partial charge is 0.289 e. The van der Waals surface area contributed by atoms with Crippen LogP contribution in [0.25, 0.3) is 10.9 Å². The monoisotopic (exact) mass is 338 g/mol. The first-order chi connectivity index (χ1) is 12.9. The molecule has 2 nitrogen and oxygen atoms in total. The van der Waals surface area contributed by atoms with Gasteiger partial charge in [0, 0.05) is 25.0 Å². The van der Waals surface area contributed by atoms with E-state index in [0.717, 1.165) is 30.8 Å². The molecule has 3 aromatic carbocycles. The Morgan fingerprint density at radius 1 is 0.538 bits per heavy atom. The number of hydrogen-bond donors (Lipinski definition) is 0. The molecule has 0 aliphatic carbocycles. The lowest BCUT2D eigenvalue weighted by atomic mass is 10.1. The highest BCUT2D eigenvalue weighted by Crippen LogP contribution is 2.16. The summed E-state index contributed by atoms with van der Waals surface area (Å²) in [5, 5.41) is 1.19. The minimum atomic E-state index is 0.828. The maximum atomic E-state index is 4.86. The third kappa shape index (κ3) is 4.16. The molecular formula is C24H22N2. The van der Waals surface area contributed by atoms with Gasteiger partial charge in [-0.15, -0.1) is 0 Å². The molecule has 0 bridgehead atoms. The van der Waals surface area contributed by atoms with Gasteiger partial charge in [0.1, 0.15) is 0 Å². The van der Waals surface area contributed by atoms with E-state index in [0.29, 0.717) is 0 Å². The summed E-state index contributed by atoms with van der Waals surface area (Å²) in [4.78, 5) is 7.30. The maximum Gasteiger partial charge on any atom is 0.0705 e. The Hall–Kier alpha value is -2.97. The quantitative estimate of drug-likeness (QED) is 0.465. The second kappa shape index (κ2) is 7.94. The van der Waals surface area contributed by atoms with Crippen LogP contribution < -0.4 is 0 Å². The van der Waals surface area contributed by atoms with Crippen LogP contribution in [0.15, 0.2) is 97.1 Å². The van der Waals surface area contributed by atoms with E-state index in [-0.39, 0.29) is 0 Å². The van der Waals surface area contributed by atoms with Crippen molar-refractivity contribution in [2.45, 2.75) is 19.6 Å². The molecule has 0 aliphatic rings. The zero-order chi connectivity index (χ0) is 17.6. The molecule has 0 radical (unpaired) electrons. The molecule has 0 atom stereocenters. The summed E-state index contributed by atoms with van der Waals surface area (Å²) < 4.78 is 0. The van der Waals surface area contributed by atoms with Crippen LogP contribution in [0, 0.1) is 0 Å². The lowest BCUT2D eigenvalue weighted by Crippen LogP contribution is -2.23. The molecule has 128 valence electrons. The van der Waals surface area contributed by atoms with Crippen LogP contribution in [0.1, 0.15) is 16.8 Å². The van der Waals surface area contributed by atoms with Crippen molar-refractivity contribution in [2.24, 2.45) is 0 Å². The lowest BCUT2D eigenvalue weighted by molar-refractivity contribution is 0.245. The predicted molar refractivity (Wildman–Crippen MR) is 108 cm³/mol. The van der Waals surface area contributed by atoms with Gasteiger partial charge in [0.25, 0.3) is 0 Å². The Bertz CT molecular complexity index is 923. The number of nitrogens with zero attached hydrogens (tertiary/aromatic N) is 2. The van der Waals surface area contributed by atoms with Gasteiger partial charge in [-0.1, -0.05) is 84.9 Å². The van der Waals surface area contributed by atoms with E-state index in [9.17, 15) is 0 Å². The summed E-state index contributed by atoms with van der Waals surface area (Å²) in [6.07, 6.45) is 0. The van der Waals surface area contributed by atoms with Crippen molar-refractivity contribution in [3.05, 3.63) is 114 Å². The molecule has 26 heavy (non-hydrogen) atoms. The van der Waals surface area contributed by atoms with Gasteiger partial charge in [-0.2, -0.15) is 0 Å². The van der Waals surface area contributed by atoms with Crippen molar-refractivity contribution in [3.8, 4) is 0 Å². The molecule has 0 amide bonds. The van der Waals surface area contributed by atoms with Gasteiger partial charge in [-0.25, -0.2) is 0 Å². The summed E-state index contributed by atoms with van der Waals surface area (Å²) in [7, 11) is 0. The summed E-state index contributed by atoms with van der Waals surface area (Å²) in [5.74, 6) is 0. The van der Waals surface area contributed by atoms with Gasteiger partial charge >= 0.3 is 0 Å². The number of benzene rings is 3. The molecule has 0 spiro atoms. The Balaban J connectivity index is 1.58. The second-order valence-electron chi connectivity index (χ2n) is 6.61. The minimum absolute atomic E-state index is 0.828.